The van der Waals surface area contributed by atoms with Crippen molar-refractivity contribution in [2.45, 2.75) is 44.3 Å². The number of nitrogens with two attached hydrogens (primary N) is 1. The van der Waals surface area contributed by atoms with Gasteiger partial charge in [-0.05, 0) is 32.0 Å². The Bertz CT molecular complexity index is 590. The van der Waals surface area contributed by atoms with Crippen LogP contribution in [0.1, 0.15) is 31.9 Å². The minimum absolute atomic E-state index is 0.147. The molecule has 122 valence electrons. The van der Waals surface area contributed by atoms with Crippen LogP contribution in [0.4, 0.5) is 23.2 Å². The number of halogens is 4. The third-order valence-corrected chi connectivity index (χ3v) is 3.37. The molecule has 4 nitrogen and oxygen atoms in total. The first-order valence-corrected chi connectivity index (χ1v) is 6.58. The fourth-order valence-electron chi connectivity index (χ4n) is 2.36. The van der Waals surface area contributed by atoms with Gasteiger partial charge >= 0.3 is 12.3 Å². The Morgan fingerprint density at radius 3 is 2.68 bits per heavy atom. The third kappa shape index (κ3) is 3.10. The van der Waals surface area contributed by atoms with Gasteiger partial charge in [-0.1, -0.05) is 0 Å². The van der Waals surface area contributed by atoms with E-state index < -0.39 is 29.9 Å². The molecule has 1 aliphatic heterocycles. The summed E-state index contributed by atoms with van der Waals surface area (Å²) in [5.74, 6) is -6.39. The summed E-state index contributed by atoms with van der Waals surface area (Å²) in [7, 11) is 0. The molecule has 1 unspecified atom stereocenters. The van der Waals surface area contributed by atoms with E-state index in [1.54, 1.807) is 26.0 Å². The smallest absolute Gasteiger partial charge is 0.383 e. The van der Waals surface area contributed by atoms with Gasteiger partial charge in [-0.3, -0.25) is 4.79 Å². The molecule has 0 aliphatic carbocycles. The molecule has 0 bridgehead atoms. The number of ether oxygens (including phenoxy) is 1. The maximum atomic E-state index is 13.1. The number of hydrogen-bond acceptors (Lipinski definition) is 3. The van der Waals surface area contributed by atoms with Gasteiger partial charge in [-0.15, -0.1) is 0 Å². The van der Waals surface area contributed by atoms with Crippen LogP contribution in [0.5, 0.6) is 5.75 Å². The van der Waals surface area contributed by atoms with Gasteiger partial charge in [0.15, 0.2) is 0 Å². The van der Waals surface area contributed by atoms with Crippen LogP contribution in [0.25, 0.3) is 0 Å². The van der Waals surface area contributed by atoms with Crippen molar-refractivity contribution in [1.29, 1.82) is 0 Å². The summed E-state index contributed by atoms with van der Waals surface area (Å²) in [6.07, 6.45) is -3.92. The van der Waals surface area contributed by atoms with Crippen molar-refractivity contribution in [1.82, 2.24) is 5.32 Å². The summed E-state index contributed by atoms with van der Waals surface area (Å²) in [5, 5.41) is 1.98. The second-order valence-electron chi connectivity index (χ2n) is 5.81. The number of hydrogen-bond donors (Lipinski definition) is 2. The predicted octanol–water partition coefficient (Wildman–Crippen LogP) is 2.89. The van der Waals surface area contributed by atoms with E-state index in [9.17, 15) is 22.4 Å². The van der Waals surface area contributed by atoms with E-state index in [4.69, 9.17) is 10.5 Å². The number of fused-ring (bicyclic) bond motifs is 1. The molecule has 1 aromatic rings. The normalized spacial score (nSPS) is 20.2. The first-order chi connectivity index (χ1) is 10.0. The van der Waals surface area contributed by atoms with Crippen molar-refractivity contribution in [3.8, 4) is 5.75 Å². The fourth-order valence-corrected chi connectivity index (χ4v) is 2.36. The molecular weight excluding hydrogens is 304 g/mol. The van der Waals surface area contributed by atoms with Gasteiger partial charge in [0.05, 0.1) is 6.04 Å². The number of carbonyl (C=O) groups excluding carboxylic acids is 1. The quantitative estimate of drug-likeness (QED) is 0.665. The van der Waals surface area contributed by atoms with E-state index in [-0.39, 0.29) is 6.42 Å². The Morgan fingerprint density at radius 2 is 2.09 bits per heavy atom. The summed E-state index contributed by atoms with van der Waals surface area (Å²) in [6, 6.07) is 3.69. The van der Waals surface area contributed by atoms with Crippen LogP contribution in [-0.2, 0) is 4.79 Å². The molecule has 0 saturated heterocycles. The maximum Gasteiger partial charge on any atom is 0.383 e. The molecule has 1 atom stereocenters. The third-order valence-electron chi connectivity index (χ3n) is 3.37. The number of amides is 1. The van der Waals surface area contributed by atoms with Gasteiger partial charge < -0.3 is 15.8 Å². The van der Waals surface area contributed by atoms with Gasteiger partial charge in [-0.2, -0.15) is 8.78 Å². The Morgan fingerprint density at radius 1 is 1.45 bits per heavy atom. The molecule has 0 saturated carbocycles. The molecule has 1 aliphatic rings. The van der Waals surface area contributed by atoms with Crippen molar-refractivity contribution >= 4 is 11.6 Å². The zero-order chi connectivity index (χ0) is 16.7. The topological polar surface area (TPSA) is 64.4 Å². The summed E-state index contributed by atoms with van der Waals surface area (Å²) in [5.41, 5.74) is 5.63. The first-order valence-electron chi connectivity index (χ1n) is 6.58. The van der Waals surface area contributed by atoms with E-state index in [1.807, 2.05) is 5.32 Å². The number of anilines is 1. The second-order valence-corrected chi connectivity index (χ2v) is 5.81. The van der Waals surface area contributed by atoms with Crippen LogP contribution < -0.4 is 15.8 Å². The molecule has 0 radical (unpaired) electrons. The molecule has 0 aromatic heterocycles. The van der Waals surface area contributed by atoms with Crippen LogP contribution in [0, 0.1) is 0 Å². The highest BCUT2D eigenvalue weighted by Crippen LogP contribution is 2.40. The standard InChI is InChI=1S/C14H16F4N2O2/c1-13(2)6-9(20-12(21)14(17,18)11(15)16)8-5-7(19)3-4-10(8)22-13/h3-5,9,11H,6,19H2,1-2H3,(H,20,21). The summed E-state index contributed by atoms with van der Waals surface area (Å²) in [6.45, 7) is 3.41. The van der Waals surface area contributed by atoms with Crippen LogP contribution in [0.2, 0.25) is 0 Å². The van der Waals surface area contributed by atoms with E-state index in [0.717, 1.165) is 0 Å². The Hall–Kier alpha value is -1.99. The predicted molar refractivity (Wildman–Crippen MR) is 72.0 cm³/mol. The lowest BCUT2D eigenvalue weighted by molar-refractivity contribution is -0.170. The molecule has 1 aromatic carbocycles. The van der Waals surface area contributed by atoms with E-state index >= 15 is 0 Å². The van der Waals surface area contributed by atoms with Crippen molar-refractivity contribution in [3.63, 3.8) is 0 Å². The average molecular weight is 320 g/mol. The first kappa shape index (κ1) is 16.4. The van der Waals surface area contributed by atoms with Crippen molar-refractivity contribution in [3.05, 3.63) is 23.8 Å². The molecule has 1 amide bonds. The maximum absolute atomic E-state index is 13.1. The Balaban J connectivity index is 2.31. The van der Waals surface area contributed by atoms with Crippen molar-refractivity contribution in [2.75, 3.05) is 5.73 Å². The molecule has 8 heteroatoms. The highest BCUT2D eigenvalue weighted by Gasteiger charge is 2.50. The molecule has 0 fully saturated rings. The number of carbonyl (C=O) groups is 1. The van der Waals surface area contributed by atoms with Crippen LogP contribution in [0.15, 0.2) is 18.2 Å². The number of nitrogen functional groups attached to an aromatic ring is 1. The summed E-state index contributed by atoms with van der Waals surface area (Å²) in [4.78, 5) is 11.5. The summed E-state index contributed by atoms with van der Waals surface area (Å²) < 4.78 is 56.5. The Labute approximate surface area is 124 Å². The molecular formula is C14H16F4N2O2. The highest BCUT2D eigenvalue weighted by atomic mass is 19.3. The van der Waals surface area contributed by atoms with Crippen LogP contribution in [-0.4, -0.2) is 23.9 Å². The number of benzene rings is 1. The van der Waals surface area contributed by atoms with E-state index in [1.165, 1.54) is 6.07 Å². The lowest BCUT2D eigenvalue weighted by Gasteiger charge is -2.38. The van der Waals surface area contributed by atoms with Gasteiger partial charge in [0.25, 0.3) is 5.91 Å². The van der Waals surface area contributed by atoms with Gasteiger partial charge in [0, 0.05) is 17.7 Å². The summed E-state index contributed by atoms with van der Waals surface area (Å²) >= 11 is 0. The monoisotopic (exact) mass is 320 g/mol. The highest BCUT2D eigenvalue weighted by molar-refractivity contribution is 5.84. The molecule has 3 N–H and O–H groups in total. The minimum Gasteiger partial charge on any atom is -0.487 e. The number of alkyl halides is 4. The van der Waals surface area contributed by atoms with Gasteiger partial charge in [0.1, 0.15) is 11.4 Å². The van der Waals surface area contributed by atoms with E-state index in [2.05, 4.69) is 0 Å². The minimum atomic E-state index is -4.75. The SMILES string of the molecule is CC1(C)CC(NC(=O)C(F)(F)C(F)F)c2cc(N)ccc2O1. The van der Waals surface area contributed by atoms with Crippen molar-refractivity contribution in [2.24, 2.45) is 0 Å². The molecule has 22 heavy (non-hydrogen) atoms. The number of rotatable bonds is 3. The van der Waals surface area contributed by atoms with Gasteiger partial charge in [0.2, 0.25) is 0 Å². The van der Waals surface area contributed by atoms with Crippen molar-refractivity contribution < 1.29 is 27.1 Å². The van der Waals surface area contributed by atoms with Gasteiger partial charge in [-0.25, -0.2) is 8.78 Å². The van der Waals surface area contributed by atoms with E-state index in [0.29, 0.717) is 17.0 Å². The number of nitrogens with one attached hydrogen (secondary N) is 1. The Kier molecular flexibility index (Phi) is 3.97. The zero-order valence-electron chi connectivity index (χ0n) is 12.0. The van der Waals surface area contributed by atoms with Crippen LogP contribution >= 0.6 is 0 Å². The zero-order valence-corrected chi connectivity index (χ0v) is 12.0. The molecule has 0 spiro atoms. The largest absolute Gasteiger partial charge is 0.487 e. The lowest BCUT2D eigenvalue weighted by atomic mass is 9.89. The fraction of sp³-hybridized carbons (Fsp3) is 0.500. The molecule has 1 heterocycles. The second kappa shape index (κ2) is 5.33. The average Bonchev–Trinajstić information content (AvgIpc) is 2.38. The van der Waals surface area contributed by atoms with Crippen LogP contribution in [0.3, 0.4) is 0 Å². The lowest BCUT2D eigenvalue weighted by Crippen LogP contribution is -2.49. The molecule has 2 rings (SSSR count).